The third-order valence-corrected chi connectivity index (χ3v) is 9.52. The van der Waals surface area contributed by atoms with Gasteiger partial charge in [-0.1, -0.05) is 56.3 Å². The molecule has 6 N–H and O–H groups in total. The monoisotopic (exact) mass is 905 g/mol. The summed E-state index contributed by atoms with van der Waals surface area (Å²) in [5.74, 6) is -1.34. The second-order valence-corrected chi connectivity index (χ2v) is 18.0. The van der Waals surface area contributed by atoms with Gasteiger partial charge in [-0.15, -0.1) is 0 Å². The average molecular weight is 906 g/mol. The first-order valence-electron chi connectivity index (χ1n) is 21.7. The minimum Gasteiger partial charge on any atom is -0.493 e. The number of amides is 5. The number of nitrogens with one attached hydrogen (secondary N) is 6. The van der Waals surface area contributed by atoms with Crippen LogP contribution in [0.15, 0.2) is 66.7 Å². The van der Waals surface area contributed by atoms with Crippen molar-refractivity contribution in [2.75, 3.05) is 20.8 Å². The number of methoxy groups -OCH3 is 1. The molecule has 0 heterocycles. The molecule has 0 radical (unpaired) electrons. The Bertz CT molecular complexity index is 2070. The van der Waals surface area contributed by atoms with Gasteiger partial charge in [0.05, 0.1) is 36.3 Å². The molecule has 356 valence electrons. The zero-order valence-corrected chi connectivity index (χ0v) is 39.4. The van der Waals surface area contributed by atoms with Crippen LogP contribution < -0.4 is 46.3 Å². The first-order valence-corrected chi connectivity index (χ1v) is 21.7. The highest BCUT2D eigenvalue weighted by Gasteiger charge is 2.32. The van der Waals surface area contributed by atoms with Crippen molar-refractivity contribution in [2.24, 2.45) is 5.92 Å². The molecule has 3 aromatic rings. The molecule has 0 aliphatic rings. The molecule has 18 heteroatoms. The van der Waals surface area contributed by atoms with E-state index in [-0.39, 0.29) is 66.9 Å². The van der Waals surface area contributed by atoms with E-state index in [0.717, 1.165) is 5.56 Å². The van der Waals surface area contributed by atoms with Crippen LogP contribution in [0.3, 0.4) is 0 Å². The van der Waals surface area contributed by atoms with Crippen molar-refractivity contribution < 1.29 is 47.8 Å². The number of carbonyl (C=O) groups excluding carboxylic acids is 5. The zero-order valence-electron chi connectivity index (χ0n) is 39.4. The SMILES string of the molecule is CNC(=O)CCCOc1cc([N+](=O)[O-])c(C(C)NNC(=O)[C@H](Cc2ccc(OC(C)(C)C)cc2)NC(=O)[C@H](CC(C)C)NC(=O)[C@H](Cc2ccccc2)NC(=O)OC(C)(C)C)cc1OC. The van der Waals surface area contributed by atoms with Crippen molar-refractivity contribution >= 4 is 35.4 Å². The number of carbonyl (C=O) groups is 5. The average Bonchev–Trinajstić information content (AvgIpc) is 3.22. The highest BCUT2D eigenvalue weighted by Crippen LogP contribution is 2.37. The summed E-state index contributed by atoms with van der Waals surface area (Å²) < 4.78 is 22.6. The smallest absolute Gasteiger partial charge is 0.408 e. The molecule has 0 saturated heterocycles. The lowest BCUT2D eigenvalue weighted by atomic mass is 10.00. The molecule has 0 aromatic heterocycles. The van der Waals surface area contributed by atoms with Crippen LogP contribution in [0, 0.1) is 16.0 Å². The second kappa shape index (κ2) is 24.6. The van der Waals surface area contributed by atoms with Crippen LogP contribution in [-0.4, -0.2) is 84.7 Å². The predicted molar refractivity (Wildman–Crippen MR) is 245 cm³/mol. The number of hydrogen-bond acceptors (Lipinski definition) is 12. The number of alkyl carbamates (subject to hydrolysis) is 1. The summed E-state index contributed by atoms with van der Waals surface area (Å²) in [5.41, 5.74) is 5.43. The largest absolute Gasteiger partial charge is 0.493 e. The van der Waals surface area contributed by atoms with Gasteiger partial charge in [-0.2, -0.15) is 0 Å². The first kappa shape index (κ1) is 52.9. The fourth-order valence-corrected chi connectivity index (χ4v) is 6.47. The van der Waals surface area contributed by atoms with Gasteiger partial charge in [-0.3, -0.25) is 34.7 Å². The standard InChI is InChI=1S/C47H67N7O11/c1-29(2)24-35(49-43(57)36(25-31-16-13-12-14-17-31)51-45(59)65-47(7,8)9)42(56)50-37(26-32-19-21-33(22-20-32)64-46(4,5)6)44(58)53-52-30(3)34-27-39(62-11)40(28-38(34)54(60)61)63-23-15-18-41(55)48-10/h12-14,16-17,19-22,27-30,35-37,52H,15,18,23-26H2,1-11H3,(H,48,55)(H,49,57)(H,50,56)(H,51,59)(H,53,58)/t30?,35-,36-,37-/m0/s1. The van der Waals surface area contributed by atoms with Crippen molar-refractivity contribution in [3.63, 3.8) is 0 Å². The molecular weight excluding hydrogens is 839 g/mol. The minimum absolute atomic E-state index is 0.00251. The summed E-state index contributed by atoms with van der Waals surface area (Å²) in [5, 5.41) is 23.1. The van der Waals surface area contributed by atoms with E-state index in [1.807, 2.05) is 65.0 Å². The van der Waals surface area contributed by atoms with E-state index in [1.165, 1.54) is 26.3 Å². The van der Waals surface area contributed by atoms with E-state index in [9.17, 15) is 34.1 Å². The minimum atomic E-state index is -1.22. The maximum atomic E-state index is 14.3. The third kappa shape index (κ3) is 18.7. The normalized spacial score (nSPS) is 13.3. The Morgan fingerprint density at radius 1 is 0.738 bits per heavy atom. The van der Waals surface area contributed by atoms with Gasteiger partial charge in [0, 0.05) is 26.3 Å². The number of benzene rings is 3. The van der Waals surface area contributed by atoms with E-state index in [1.54, 1.807) is 52.0 Å². The molecule has 3 aromatic carbocycles. The quantitative estimate of drug-likeness (QED) is 0.0379. The fraction of sp³-hybridized carbons (Fsp3) is 0.511. The molecule has 0 spiro atoms. The van der Waals surface area contributed by atoms with Crippen LogP contribution >= 0.6 is 0 Å². The zero-order chi connectivity index (χ0) is 48.5. The number of hydrazine groups is 1. The first-order chi connectivity index (χ1) is 30.5. The highest BCUT2D eigenvalue weighted by atomic mass is 16.6. The maximum absolute atomic E-state index is 14.3. The molecule has 0 aliphatic heterocycles. The molecule has 0 fully saturated rings. The molecule has 3 rings (SSSR count). The van der Waals surface area contributed by atoms with Gasteiger partial charge in [0.15, 0.2) is 11.5 Å². The second-order valence-electron chi connectivity index (χ2n) is 18.0. The summed E-state index contributed by atoms with van der Waals surface area (Å²) in [6, 6.07) is 14.4. The summed E-state index contributed by atoms with van der Waals surface area (Å²) >= 11 is 0. The van der Waals surface area contributed by atoms with E-state index in [4.69, 9.17) is 18.9 Å². The maximum Gasteiger partial charge on any atom is 0.408 e. The van der Waals surface area contributed by atoms with Crippen molar-refractivity contribution in [3.8, 4) is 17.2 Å². The van der Waals surface area contributed by atoms with Gasteiger partial charge in [-0.05, 0) is 96.6 Å². The van der Waals surface area contributed by atoms with Crippen molar-refractivity contribution in [3.05, 3.63) is 93.5 Å². The highest BCUT2D eigenvalue weighted by molar-refractivity contribution is 5.94. The number of rotatable bonds is 23. The number of ether oxygens (including phenoxy) is 4. The number of nitro benzene ring substituents is 1. The lowest BCUT2D eigenvalue weighted by Gasteiger charge is -2.27. The summed E-state index contributed by atoms with van der Waals surface area (Å²) in [6.45, 7) is 16.3. The fourth-order valence-electron chi connectivity index (χ4n) is 6.47. The number of nitrogens with zero attached hydrogens (tertiary/aromatic N) is 1. The molecule has 0 bridgehead atoms. The predicted octanol–water partition coefficient (Wildman–Crippen LogP) is 5.76. The summed E-state index contributed by atoms with van der Waals surface area (Å²) in [6.07, 6.45) is 0.0443. The van der Waals surface area contributed by atoms with Gasteiger partial charge in [0.1, 0.15) is 35.1 Å². The van der Waals surface area contributed by atoms with Crippen LogP contribution in [0.25, 0.3) is 0 Å². The van der Waals surface area contributed by atoms with E-state index < -0.39 is 64.1 Å². The van der Waals surface area contributed by atoms with E-state index in [2.05, 4.69) is 32.1 Å². The third-order valence-electron chi connectivity index (χ3n) is 9.52. The summed E-state index contributed by atoms with van der Waals surface area (Å²) in [4.78, 5) is 78.6. The molecule has 1 unspecified atom stereocenters. The number of hydrogen-bond donors (Lipinski definition) is 6. The Balaban J connectivity index is 1.91. The van der Waals surface area contributed by atoms with Gasteiger partial charge >= 0.3 is 6.09 Å². The Hall–Kier alpha value is -6.43. The van der Waals surface area contributed by atoms with Crippen molar-refractivity contribution in [1.29, 1.82) is 0 Å². The summed E-state index contributed by atoms with van der Waals surface area (Å²) in [7, 11) is 2.91. The molecule has 0 aliphatic carbocycles. The Labute approximate surface area is 381 Å². The van der Waals surface area contributed by atoms with Gasteiger partial charge < -0.3 is 40.2 Å². The van der Waals surface area contributed by atoms with E-state index in [0.29, 0.717) is 17.7 Å². The van der Waals surface area contributed by atoms with Crippen LogP contribution in [0.5, 0.6) is 17.2 Å². The van der Waals surface area contributed by atoms with Crippen LogP contribution in [0.4, 0.5) is 10.5 Å². The Morgan fingerprint density at radius 2 is 1.32 bits per heavy atom. The molecule has 5 amide bonds. The van der Waals surface area contributed by atoms with Crippen molar-refractivity contribution in [1.82, 2.24) is 32.1 Å². The lowest BCUT2D eigenvalue weighted by molar-refractivity contribution is -0.385. The number of nitro groups is 1. The Morgan fingerprint density at radius 3 is 1.88 bits per heavy atom. The molecule has 0 saturated carbocycles. The van der Waals surface area contributed by atoms with E-state index >= 15 is 0 Å². The molecule has 18 nitrogen and oxygen atoms in total. The Kier molecular flexibility index (Phi) is 20.0. The van der Waals surface area contributed by atoms with Crippen LogP contribution in [0.2, 0.25) is 0 Å². The molecule has 65 heavy (non-hydrogen) atoms. The van der Waals surface area contributed by atoms with Crippen LogP contribution in [0.1, 0.15) is 104 Å². The molecular formula is C47H67N7O11. The van der Waals surface area contributed by atoms with Gasteiger partial charge in [0.25, 0.3) is 11.6 Å². The topological polar surface area (TPSA) is 238 Å². The molecule has 4 atom stereocenters. The van der Waals surface area contributed by atoms with Crippen molar-refractivity contribution in [2.45, 2.75) is 130 Å². The van der Waals surface area contributed by atoms with Gasteiger partial charge in [-0.25, -0.2) is 10.2 Å². The van der Waals surface area contributed by atoms with Gasteiger partial charge in [0.2, 0.25) is 17.7 Å². The lowest BCUT2D eigenvalue weighted by Crippen LogP contribution is -2.58. The van der Waals surface area contributed by atoms with Crippen LogP contribution in [-0.2, 0) is 36.8 Å².